The summed E-state index contributed by atoms with van der Waals surface area (Å²) in [6.07, 6.45) is 1.78. The van der Waals surface area contributed by atoms with E-state index in [9.17, 15) is 13.2 Å². The van der Waals surface area contributed by atoms with Gasteiger partial charge in [-0.1, -0.05) is 30.3 Å². The summed E-state index contributed by atoms with van der Waals surface area (Å²) < 4.78 is 25.7. The number of aliphatic hydroxyl groups excluding tert-OH is 1. The number of aromatic nitrogens is 1. The molecule has 0 fully saturated rings. The Bertz CT molecular complexity index is 1150. The standard InChI is InChI=1S/C23H27N3O4S/c1-16-18(12-13-25-23(28)21(24)15-27)14-22(26(16)19-6-4-3-5-7-19)17-8-10-20(11-9-17)31(2,29)30/h3-11,14,21,27H,12-13,15,24H2,1-2H3,(H,25,28)/t21-/m0/s1. The maximum Gasteiger partial charge on any atom is 0.239 e. The molecular formula is C23H27N3O4S. The molecule has 0 saturated carbocycles. The van der Waals surface area contributed by atoms with E-state index in [2.05, 4.69) is 16.0 Å². The van der Waals surface area contributed by atoms with Gasteiger partial charge in [0.15, 0.2) is 9.84 Å². The van der Waals surface area contributed by atoms with Crippen molar-refractivity contribution in [2.24, 2.45) is 5.73 Å². The van der Waals surface area contributed by atoms with Crippen molar-refractivity contribution in [1.82, 2.24) is 9.88 Å². The lowest BCUT2D eigenvalue weighted by Gasteiger charge is -2.13. The highest BCUT2D eigenvalue weighted by molar-refractivity contribution is 7.90. The van der Waals surface area contributed by atoms with Crippen LogP contribution in [0.2, 0.25) is 0 Å². The Labute approximate surface area is 182 Å². The highest BCUT2D eigenvalue weighted by Gasteiger charge is 2.17. The van der Waals surface area contributed by atoms with Crippen molar-refractivity contribution < 1.29 is 18.3 Å². The van der Waals surface area contributed by atoms with E-state index in [1.54, 1.807) is 24.3 Å². The van der Waals surface area contributed by atoms with Gasteiger partial charge in [-0.25, -0.2) is 8.42 Å². The minimum atomic E-state index is -3.27. The quantitative estimate of drug-likeness (QED) is 0.493. The number of nitrogens with two attached hydrogens (primary N) is 1. The number of sulfone groups is 1. The predicted molar refractivity (Wildman–Crippen MR) is 121 cm³/mol. The molecule has 7 nitrogen and oxygen atoms in total. The summed E-state index contributed by atoms with van der Waals surface area (Å²) in [5, 5.41) is 11.7. The topological polar surface area (TPSA) is 114 Å². The normalized spacial score (nSPS) is 12.5. The highest BCUT2D eigenvalue weighted by atomic mass is 32.2. The van der Waals surface area contributed by atoms with Crippen molar-refractivity contribution in [1.29, 1.82) is 0 Å². The molecule has 1 amide bonds. The summed E-state index contributed by atoms with van der Waals surface area (Å²) in [5.74, 6) is -0.390. The first-order valence-electron chi connectivity index (χ1n) is 9.93. The number of amides is 1. The monoisotopic (exact) mass is 441 g/mol. The number of nitrogens with one attached hydrogen (secondary N) is 1. The Balaban J connectivity index is 1.96. The smallest absolute Gasteiger partial charge is 0.239 e. The van der Waals surface area contributed by atoms with E-state index in [4.69, 9.17) is 10.8 Å². The molecular weight excluding hydrogens is 414 g/mol. The molecule has 0 aliphatic carbocycles. The Kier molecular flexibility index (Phi) is 6.94. The van der Waals surface area contributed by atoms with Crippen LogP contribution in [-0.4, -0.2) is 49.4 Å². The van der Waals surface area contributed by atoms with Crippen LogP contribution in [0.5, 0.6) is 0 Å². The van der Waals surface area contributed by atoms with E-state index >= 15 is 0 Å². The second-order valence-corrected chi connectivity index (χ2v) is 9.45. The molecule has 1 atom stereocenters. The molecule has 1 aromatic heterocycles. The van der Waals surface area contributed by atoms with Gasteiger partial charge >= 0.3 is 0 Å². The van der Waals surface area contributed by atoms with Gasteiger partial charge in [-0.2, -0.15) is 0 Å². The van der Waals surface area contributed by atoms with E-state index in [0.717, 1.165) is 28.2 Å². The molecule has 3 aromatic rings. The van der Waals surface area contributed by atoms with E-state index in [1.165, 1.54) is 6.26 Å². The summed E-state index contributed by atoms with van der Waals surface area (Å²) in [7, 11) is -3.27. The molecule has 31 heavy (non-hydrogen) atoms. The van der Waals surface area contributed by atoms with Crippen LogP contribution in [0.1, 0.15) is 11.3 Å². The summed E-state index contributed by atoms with van der Waals surface area (Å²) in [4.78, 5) is 12.1. The van der Waals surface area contributed by atoms with Crippen LogP contribution in [0.4, 0.5) is 0 Å². The number of carbonyl (C=O) groups excluding carboxylic acids is 1. The third kappa shape index (κ3) is 5.22. The molecule has 0 saturated heterocycles. The van der Waals surface area contributed by atoms with Gasteiger partial charge in [0.25, 0.3) is 0 Å². The SMILES string of the molecule is Cc1c(CCNC(=O)[C@@H](N)CO)cc(-c2ccc(S(C)(=O)=O)cc2)n1-c1ccccc1. The maximum atomic E-state index is 11.8. The molecule has 0 unspecified atom stereocenters. The van der Waals surface area contributed by atoms with Crippen LogP contribution in [0, 0.1) is 6.92 Å². The minimum absolute atomic E-state index is 0.272. The number of rotatable bonds is 8. The molecule has 3 rings (SSSR count). The van der Waals surface area contributed by atoms with Gasteiger partial charge in [-0.3, -0.25) is 4.79 Å². The van der Waals surface area contributed by atoms with Gasteiger partial charge in [0.05, 0.1) is 17.2 Å². The zero-order valence-corrected chi connectivity index (χ0v) is 18.4. The lowest BCUT2D eigenvalue weighted by Crippen LogP contribution is -2.43. The third-order valence-corrected chi connectivity index (χ3v) is 6.30. The number of hydrogen-bond acceptors (Lipinski definition) is 5. The first-order chi connectivity index (χ1) is 14.7. The van der Waals surface area contributed by atoms with Gasteiger partial charge in [0, 0.05) is 24.2 Å². The van der Waals surface area contributed by atoms with Gasteiger partial charge < -0.3 is 20.7 Å². The molecule has 4 N–H and O–H groups in total. The Morgan fingerprint density at radius 3 is 2.35 bits per heavy atom. The fraction of sp³-hybridized carbons (Fsp3) is 0.261. The lowest BCUT2D eigenvalue weighted by atomic mass is 10.1. The van der Waals surface area contributed by atoms with E-state index < -0.39 is 22.5 Å². The van der Waals surface area contributed by atoms with Crippen molar-refractivity contribution in [3.8, 4) is 16.9 Å². The molecule has 2 aromatic carbocycles. The largest absolute Gasteiger partial charge is 0.394 e. The summed E-state index contributed by atoms with van der Waals surface area (Å²) in [6, 6.07) is 17.8. The Hall–Kier alpha value is -2.94. The van der Waals surface area contributed by atoms with Crippen LogP contribution in [0.15, 0.2) is 65.6 Å². The summed E-state index contributed by atoms with van der Waals surface area (Å²) in [5.41, 5.74) is 10.4. The van der Waals surface area contributed by atoms with Gasteiger partial charge in [0.1, 0.15) is 6.04 Å². The number of benzene rings is 2. The van der Waals surface area contributed by atoms with E-state index in [-0.39, 0.29) is 10.8 Å². The first kappa shape index (κ1) is 22.7. The Morgan fingerprint density at radius 1 is 1.13 bits per heavy atom. The molecule has 0 spiro atoms. The maximum absolute atomic E-state index is 11.8. The van der Waals surface area contributed by atoms with Crippen LogP contribution in [0.3, 0.4) is 0 Å². The molecule has 164 valence electrons. The highest BCUT2D eigenvalue weighted by Crippen LogP contribution is 2.30. The summed E-state index contributed by atoms with van der Waals surface area (Å²) in [6.45, 7) is 2.00. The van der Waals surface area contributed by atoms with Crippen LogP contribution < -0.4 is 11.1 Å². The lowest BCUT2D eigenvalue weighted by molar-refractivity contribution is -0.123. The van der Waals surface area contributed by atoms with Crippen molar-refractivity contribution in [2.75, 3.05) is 19.4 Å². The Morgan fingerprint density at radius 2 is 1.77 bits per heavy atom. The molecule has 0 radical (unpaired) electrons. The minimum Gasteiger partial charge on any atom is -0.394 e. The van der Waals surface area contributed by atoms with Crippen LogP contribution >= 0.6 is 0 Å². The average Bonchev–Trinajstić information content (AvgIpc) is 3.09. The predicted octanol–water partition coefficient (Wildman–Crippen LogP) is 1.83. The van der Waals surface area contributed by atoms with Crippen molar-refractivity contribution >= 4 is 15.7 Å². The van der Waals surface area contributed by atoms with Crippen molar-refractivity contribution in [3.05, 3.63) is 71.9 Å². The van der Waals surface area contributed by atoms with Gasteiger partial charge in [0.2, 0.25) is 5.91 Å². The number of aliphatic hydroxyl groups is 1. The fourth-order valence-electron chi connectivity index (χ4n) is 3.44. The molecule has 0 aliphatic rings. The molecule has 8 heteroatoms. The zero-order valence-electron chi connectivity index (χ0n) is 17.6. The van der Waals surface area contributed by atoms with Crippen LogP contribution in [0.25, 0.3) is 16.9 Å². The van der Waals surface area contributed by atoms with Crippen molar-refractivity contribution in [2.45, 2.75) is 24.3 Å². The van der Waals surface area contributed by atoms with Crippen molar-refractivity contribution in [3.63, 3.8) is 0 Å². The van der Waals surface area contributed by atoms with Crippen LogP contribution in [-0.2, 0) is 21.1 Å². The number of hydrogen-bond donors (Lipinski definition) is 3. The molecule has 0 aliphatic heterocycles. The van der Waals surface area contributed by atoms with E-state index in [0.29, 0.717) is 13.0 Å². The van der Waals surface area contributed by atoms with Gasteiger partial charge in [-0.15, -0.1) is 0 Å². The molecule has 0 bridgehead atoms. The second-order valence-electron chi connectivity index (χ2n) is 7.44. The fourth-order valence-corrected chi connectivity index (χ4v) is 4.07. The number of carbonyl (C=O) groups is 1. The summed E-state index contributed by atoms with van der Waals surface area (Å²) >= 11 is 0. The van der Waals surface area contributed by atoms with Gasteiger partial charge in [-0.05, 0) is 54.8 Å². The average molecular weight is 442 g/mol. The second kappa shape index (κ2) is 9.47. The number of para-hydroxylation sites is 1. The number of nitrogens with zero attached hydrogens (tertiary/aromatic N) is 1. The first-order valence-corrected chi connectivity index (χ1v) is 11.8. The molecule has 1 heterocycles. The van der Waals surface area contributed by atoms with E-state index in [1.807, 2.05) is 37.3 Å². The zero-order chi connectivity index (χ0) is 22.6. The third-order valence-electron chi connectivity index (χ3n) is 5.17.